The fourth-order valence-electron chi connectivity index (χ4n) is 5.65. The van der Waals surface area contributed by atoms with Crippen molar-refractivity contribution < 1.29 is 4.74 Å². The number of nitrogens with one attached hydrogen (secondary N) is 1. The molecule has 0 spiro atoms. The monoisotopic (exact) mass is 470 g/mol. The average Bonchev–Trinajstić information content (AvgIpc) is 3.53. The zero-order valence-electron chi connectivity index (χ0n) is 20.2. The summed E-state index contributed by atoms with van der Waals surface area (Å²) in [4.78, 5) is 19.0. The summed E-state index contributed by atoms with van der Waals surface area (Å²) in [5.74, 6) is 0.689. The van der Waals surface area contributed by atoms with Crippen molar-refractivity contribution in [3.8, 4) is 0 Å². The molecule has 4 heterocycles. The van der Waals surface area contributed by atoms with Gasteiger partial charge >= 0.3 is 0 Å². The van der Waals surface area contributed by atoms with Gasteiger partial charge in [-0.15, -0.1) is 5.10 Å². The summed E-state index contributed by atoms with van der Waals surface area (Å²) in [7, 11) is 0. The Morgan fingerprint density at radius 3 is 2.86 bits per heavy atom. The normalized spacial score (nSPS) is 19.2. The van der Waals surface area contributed by atoms with E-state index < -0.39 is 0 Å². The molecule has 1 fully saturated rings. The van der Waals surface area contributed by atoms with E-state index >= 15 is 0 Å². The van der Waals surface area contributed by atoms with Crippen molar-refractivity contribution in [2.45, 2.75) is 58.3 Å². The van der Waals surface area contributed by atoms with Crippen molar-refractivity contribution >= 4 is 10.9 Å². The Labute approximate surface area is 203 Å². The van der Waals surface area contributed by atoms with Gasteiger partial charge in [-0.25, -0.2) is 4.68 Å². The Morgan fingerprint density at radius 1 is 1.17 bits per heavy atom. The number of nitrogens with zero attached hydrogens (tertiary/aromatic N) is 5. The van der Waals surface area contributed by atoms with Gasteiger partial charge in [-0.2, -0.15) is 0 Å². The highest BCUT2D eigenvalue weighted by atomic mass is 16.5. The molecule has 2 aromatic carbocycles. The first-order valence-corrected chi connectivity index (χ1v) is 12.4. The number of aryl methyl sites for hydroxylation is 2. The van der Waals surface area contributed by atoms with Crippen LogP contribution in [0.1, 0.15) is 52.5 Å². The topological polar surface area (TPSA) is 88.9 Å². The largest absolute Gasteiger partial charge is 0.376 e. The van der Waals surface area contributed by atoms with Gasteiger partial charge in [-0.1, -0.05) is 30.3 Å². The Hall–Kier alpha value is -3.36. The number of hydrogen-bond donors (Lipinski definition) is 1. The van der Waals surface area contributed by atoms with Crippen LogP contribution in [0.2, 0.25) is 0 Å². The standard InChI is InChI=1S/C27H30N6O2/c1-17-12-18(2)22-14-23(27(34)28-24(22)13-17)25(32-10-9-19-6-3-4-7-20(19)15-32)26-29-30-31-33(26)16-21-8-5-11-35-21/h3-4,6-7,12-14,21,25H,5,8-11,15-16H2,1-2H3,(H,28,34)/t21-,25-/m1/s1. The minimum absolute atomic E-state index is 0.0973. The zero-order valence-corrected chi connectivity index (χ0v) is 20.2. The maximum Gasteiger partial charge on any atom is 0.253 e. The van der Waals surface area contributed by atoms with Crippen LogP contribution in [0.3, 0.4) is 0 Å². The summed E-state index contributed by atoms with van der Waals surface area (Å²) in [6.45, 7) is 7.05. The summed E-state index contributed by atoms with van der Waals surface area (Å²) in [5.41, 5.74) is 6.34. The van der Waals surface area contributed by atoms with E-state index in [9.17, 15) is 4.79 Å². The molecule has 0 saturated carbocycles. The molecule has 6 rings (SSSR count). The first-order chi connectivity index (χ1) is 17.1. The lowest BCUT2D eigenvalue weighted by Gasteiger charge is -2.35. The fraction of sp³-hybridized carbons (Fsp3) is 0.407. The molecule has 180 valence electrons. The van der Waals surface area contributed by atoms with E-state index in [1.807, 2.05) is 23.7 Å². The average molecular weight is 471 g/mol. The molecule has 8 heteroatoms. The minimum atomic E-state index is -0.367. The maximum atomic E-state index is 13.6. The van der Waals surface area contributed by atoms with Crippen molar-refractivity contribution in [2.75, 3.05) is 13.2 Å². The van der Waals surface area contributed by atoms with Crippen LogP contribution in [0.25, 0.3) is 10.9 Å². The van der Waals surface area contributed by atoms with Gasteiger partial charge in [-0.3, -0.25) is 9.69 Å². The number of H-pyrrole nitrogens is 1. The number of benzene rings is 2. The first kappa shape index (κ1) is 22.1. The van der Waals surface area contributed by atoms with Crippen molar-refractivity contribution in [2.24, 2.45) is 0 Å². The third-order valence-corrected chi connectivity index (χ3v) is 7.37. The van der Waals surface area contributed by atoms with Crippen LogP contribution in [-0.4, -0.2) is 49.3 Å². The number of rotatable bonds is 5. The van der Waals surface area contributed by atoms with Gasteiger partial charge in [0, 0.05) is 36.2 Å². The molecular weight excluding hydrogens is 440 g/mol. The lowest BCUT2D eigenvalue weighted by Crippen LogP contribution is -2.39. The highest BCUT2D eigenvalue weighted by Crippen LogP contribution is 2.32. The lowest BCUT2D eigenvalue weighted by atomic mass is 9.95. The Morgan fingerprint density at radius 2 is 2.03 bits per heavy atom. The van der Waals surface area contributed by atoms with Gasteiger partial charge < -0.3 is 9.72 Å². The van der Waals surface area contributed by atoms with Crippen molar-refractivity contribution in [3.63, 3.8) is 0 Å². The predicted octanol–water partition coefficient (Wildman–Crippen LogP) is 3.46. The maximum absolute atomic E-state index is 13.6. The zero-order chi connectivity index (χ0) is 23.9. The van der Waals surface area contributed by atoms with E-state index in [1.165, 1.54) is 11.1 Å². The lowest BCUT2D eigenvalue weighted by molar-refractivity contribution is 0.0904. The molecule has 1 saturated heterocycles. The molecule has 0 unspecified atom stereocenters. The minimum Gasteiger partial charge on any atom is -0.376 e. The number of tetrazole rings is 1. The number of pyridine rings is 1. The van der Waals surface area contributed by atoms with Crippen LogP contribution in [-0.2, 0) is 24.2 Å². The molecule has 2 atom stereocenters. The van der Waals surface area contributed by atoms with Crippen molar-refractivity contribution in [3.05, 3.63) is 86.5 Å². The molecule has 4 aromatic rings. The quantitative estimate of drug-likeness (QED) is 0.481. The van der Waals surface area contributed by atoms with E-state index in [0.717, 1.165) is 61.0 Å². The van der Waals surface area contributed by atoms with E-state index in [1.54, 1.807) is 0 Å². The van der Waals surface area contributed by atoms with E-state index in [4.69, 9.17) is 4.74 Å². The first-order valence-electron chi connectivity index (χ1n) is 12.4. The van der Waals surface area contributed by atoms with Crippen LogP contribution in [0.5, 0.6) is 0 Å². The van der Waals surface area contributed by atoms with Gasteiger partial charge in [0.1, 0.15) is 6.04 Å². The molecule has 35 heavy (non-hydrogen) atoms. The second-order valence-electron chi connectivity index (χ2n) is 9.84. The van der Waals surface area contributed by atoms with E-state index in [2.05, 4.69) is 62.7 Å². The number of aromatic amines is 1. The molecule has 1 N–H and O–H groups in total. The number of aromatic nitrogens is 5. The molecule has 8 nitrogen and oxygen atoms in total. The highest BCUT2D eigenvalue weighted by molar-refractivity contribution is 5.83. The van der Waals surface area contributed by atoms with Crippen LogP contribution < -0.4 is 5.56 Å². The SMILES string of the molecule is Cc1cc(C)c2cc([C@H](c3nnnn3C[C@H]3CCCO3)N3CCc4ccccc4C3)c(=O)[nH]c2c1. The second kappa shape index (κ2) is 9.02. The van der Waals surface area contributed by atoms with Gasteiger partial charge in [-0.05, 0) is 77.9 Å². The predicted molar refractivity (Wildman–Crippen MR) is 133 cm³/mol. The summed E-state index contributed by atoms with van der Waals surface area (Å²) in [6.07, 6.45) is 3.07. The molecule has 2 aliphatic rings. The number of hydrogen-bond acceptors (Lipinski definition) is 6. The summed E-state index contributed by atoms with van der Waals surface area (Å²) >= 11 is 0. The molecule has 0 aliphatic carbocycles. The smallest absolute Gasteiger partial charge is 0.253 e. The van der Waals surface area contributed by atoms with Gasteiger partial charge in [0.05, 0.1) is 12.6 Å². The fourth-order valence-corrected chi connectivity index (χ4v) is 5.65. The van der Waals surface area contributed by atoms with E-state index in [-0.39, 0.29) is 17.7 Å². The Bertz CT molecular complexity index is 1440. The van der Waals surface area contributed by atoms with Gasteiger partial charge in [0.2, 0.25) is 0 Å². The number of fused-ring (bicyclic) bond motifs is 2. The molecule has 2 aromatic heterocycles. The Balaban J connectivity index is 1.48. The molecule has 0 bridgehead atoms. The van der Waals surface area contributed by atoms with Crippen LogP contribution in [0.15, 0.2) is 47.3 Å². The molecule has 2 aliphatic heterocycles. The van der Waals surface area contributed by atoms with Crippen LogP contribution >= 0.6 is 0 Å². The molecular formula is C27H30N6O2. The molecule has 0 radical (unpaired) electrons. The van der Waals surface area contributed by atoms with Crippen molar-refractivity contribution in [1.82, 2.24) is 30.1 Å². The van der Waals surface area contributed by atoms with Crippen LogP contribution in [0.4, 0.5) is 0 Å². The third-order valence-electron chi connectivity index (χ3n) is 7.37. The third kappa shape index (κ3) is 4.17. The summed E-state index contributed by atoms with van der Waals surface area (Å²) < 4.78 is 7.71. The highest BCUT2D eigenvalue weighted by Gasteiger charge is 2.33. The summed E-state index contributed by atoms with van der Waals surface area (Å²) in [6, 6.07) is 14.4. The van der Waals surface area contributed by atoms with Gasteiger partial charge in [0.25, 0.3) is 5.56 Å². The second-order valence-corrected chi connectivity index (χ2v) is 9.84. The Kier molecular flexibility index (Phi) is 5.70. The van der Waals surface area contributed by atoms with Crippen LogP contribution in [0, 0.1) is 13.8 Å². The number of ether oxygens (including phenoxy) is 1. The van der Waals surface area contributed by atoms with E-state index in [0.29, 0.717) is 17.9 Å². The summed E-state index contributed by atoms with van der Waals surface area (Å²) in [5, 5.41) is 13.9. The molecule has 0 amide bonds. The van der Waals surface area contributed by atoms with Crippen molar-refractivity contribution in [1.29, 1.82) is 0 Å². The van der Waals surface area contributed by atoms with Gasteiger partial charge in [0.15, 0.2) is 5.82 Å².